The third-order valence-corrected chi connectivity index (χ3v) is 9.53. The molecule has 0 saturated carbocycles. The highest BCUT2D eigenvalue weighted by Gasteiger charge is 2.29. The Kier molecular flexibility index (Phi) is 6.35. The number of ether oxygens (including phenoxy) is 1. The molecule has 184 valence electrons. The van der Waals surface area contributed by atoms with E-state index in [4.69, 9.17) is 9.72 Å². The fraction of sp³-hybridized carbons (Fsp3) is 0.250. The topological polar surface area (TPSA) is 63.9 Å². The van der Waals surface area contributed by atoms with Gasteiger partial charge in [-0.05, 0) is 41.8 Å². The Morgan fingerprint density at radius 3 is 2.64 bits per heavy atom. The Hall–Kier alpha value is -3.04. The molecular weight excluding hydrogens is 490 g/mol. The molecule has 0 spiro atoms. The Morgan fingerprint density at radius 1 is 1.03 bits per heavy atom. The van der Waals surface area contributed by atoms with Crippen LogP contribution in [0, 0.1) is 0 Å². The smallest absolute Gasteiger partial charge is 0.243 e. The highest BCUT2D eigenvalue weighted by atomic mass is 32.2. The zero-order chi connectivity index (χ0) is 24.5. The lowest BCUT2D eigenvalue weighted by atomic mass is 10.1. The summed E-state index contributed by atoms with van der Waals surface area (Å²) in [5.74, 6) is 0. The molecular formula is C28H27N3O3S2. The minimum atomic E-state index is -3.62. The van der Waals surface area contributed by atoms with E-state index in [1.165, 1.54) is 10.8 Å². The Morgan fingerprint density at radius 2 is 1.83 bits per heavy atom. The van der Waals surface area contributed by atoms with E-state index in [-0.39, 0.29) is 6.10 Å². The van der Waals surface area contributed by atoms with E-state index in [9.17, 15) is 8.42 Å². The normalized spacial score (nSPS) is 16.4. The van der Waals surface area contributed by atoms with Crippen molar-refractivity contribution < 1.29 is 13.2 Å². The van der Waals surface area contributed by atoms with E-state index in [1.54, 1.807) is 39.9 Å². The lowest BCUT2D eigenvalue weighted by molar-refractivity contribution is 0.0939. The van der Waals surface area contributed by atoms with Crippen LogP contribution in [0.1, 0.15) is 18.5 Å². The molecule has 36 heavy (non-hydrogen) atoms. The quantitative estimate of drug-likeness (QED) is 0.268. The van der Waals surface area contributed by atoms with Crippen molar-refractivity contribution in [2.75, 3.05) is 19.7 Å². The third kappa shape index (κ3) is 4.57. The number of sulfonamides is 1. The van der Waals surface area contributed by atoms with Crippen molar-refractivity contribution in [3.8, 4) is 11.3 Å². The highest BCUT2D eigenvalue weighted by Crippen LogP contribution is 2.27. The zero-order valence-electron chi connectivity index (χ0n) is 19.8. The highest BCUT2D eigenvalue weighted by molar-refractivity contribution is 7.89. The van der Waals surface area contributed by atoms with E-state index in [0.29, 0.717) is 31.0 Å². The predicted molar refractivity (Wildman–Crippen MR) is 144 cm³/mol. The molecule has 1 aliphatic heterocycles. The number of fused-ring (bicyclic) bond motifs is 2. The van der Waals surface area contributed by atoms with Gasteiger partial charge >= 0.3 is 0 Å². The summed E-state index contributed by atoms with van der Waals surface area (Å²) in [6, 6.07) is 23.4. The first-order valence-corrected chi connectivity index (χ1v) is 14.5. The molecule has 0 aliphatic carbocycles. The second-order valence-corrected chi connectivity index (χ2v) is 11.9. The van der Waals surface area contributed by atoms with E-state index in [2.05, 4.69) is 46.3 Å². The number of hydrogen-bond donors (Lipinski definition) is 0. The summed E-state index contributed by atoms with van der Waals surface area (Å²) >= 11 is 1.58. The lowest BCUT2D eigenvalue weighted by Gasteiger charge is -2.24. The summed E-state index contributed by atoms with van der Waals surface area (Å²) in [7, 11) is -3.62. The molecule has 0 N–H and O–H groups in total. The SMILES string of the molecule is O=S(=O)(c1ccccc1)N(CCc1csc2nc(-c3ccc4ccccc4c3)cn12)CC1CCCO1. The standard InChI is InChI=1S/C28H27N3O3S2/c32-36(33,26-10-2-1-3-11-26)30(18-25-9-6-16-34-25)15-14-24-20-35-28-29-27(19-31(24)28)23-13-12-21-7-4-5-8-22(21)17-23/h1-5,7-8,10-13,17,19-20,25H,6,9,14-16,18H2. The molecule has 1 unspecified atom stereocenters. The number of thiazole rings is 1. The fourth-order valence-corrected chi connectivity index (χ4v) is 7.20. The lowest BCUT2D eigenvalue weighted by Crippen LogP contribution is -2.38. The molecule has 1 fully saturated rings. The van der Waals surface area contributed by atoms with Gasteiger partial charge in [-0.15, -0.1) is 11.3 Å². The Bertz CT molecular complexity index is 1600. The maximum absolute atomic E-state index is 13.5. The molecule has 5 aromatic rings. The van der Waals surface area contributed by atoms with Gasteiger partial charge in [0.2, 0.25) is 10.0 Å². The maximum atomic E-state index is 13.5. The predicted octanol–water partition coefficient (Wildman–Crippen LogP) is 5.63. The van der Waals surface area contributed by atoms with Gasteiger partial charge in [-0.2, -0.15) is 4.31 Å². The van der Waals surface area contributed by atoms with Gasteiger partial charge in [0.25, 0.3) is 0 Å². The fourth-order valence-electron chi connectivity index (χ4n) is 4.80. The second kappa shape index (κ2) is 9.78. The molecule has 0 bridgehead atoms. The van der Waals surface area contributed by atoms with Gasteiger partial charge in [0.05, 0.1) is 16.7 Å². The van der Waals surface area contributed by atoms with E-state index in [0.717, 1.165) is 34.8 Å². The number of rotatable bonds is 8. The first-order chi connectivity index (χ1) is 17.6. The van der Waals surface area contributed by atoms with Crippen LogP contribution in [0.4, 0.5) is 0 Å². The first-order valence-electron chi connectivity index (χ1n) is 12.2. The van der Waals surface area contributed by atoms with Gasteiger partial charge in [0.1, 0.15) is 0 Å². The summed E-state index contributed by atoms with van der Waals surface area (Å²) in [5, 5.41) is 4.46. The van der Waals surface area contributed by atoms with Crippen molar-refractivity contribution in [3.05, 3.63) is 90.1 Å². The van der Waals surface area contributed by atoms with E-state index >= 15 is 0 Å². The Balaban J connectivity index is 1.26. The molecule has 8 heteroatoms. The third-order valence-electron chi connectivity index (χ3n) is 6.76. The van der Waals surface area contributed by atoms with Crippen molar-refractivity contribution in [3.63, 3.8) is 0 Å². The molecule has 0 radical (unpaired) electrons. The maximum Gasteiger partial charge on any atom is 0.243 e. The van der Waals surface area contributed by atoms with Gasteiger partial charge in [-0.1, -0.05) is 54.6 Å². The van der Waals surface area contributed by atoms with Crippen LogP contribution < -0.4 is 0 Å². The van der Waals surface area contributed by atoms with Gasteiger partial charge in [-0.3, -0.25) is 4.40 Å². The summed E-state index contributed by atoms with van der Waals surface area (Å²) in [6.07, 6.45) is 4.45. The molecule has 6 rings (SSSR count). The van der Waals surface area contributed by atoms with Crippen LogP contribution in [0.3, 0.4) is 0 Å². The second-order valence-electron chi connectivity index (χ2n) is 9.13. The van der Waals surface area contributed by atoms with Gasteiger partial charge in [-0.25, -0.2) is 13.4 Å². The molecule has 1 aliphatic rings. The summed E-state index contributed by atoms with van der Waals surface area (Å²) in [6.45, 7) is 1.45. The largest absolute Gasteiger partial charge is 0.377 e. The van der Waals surface area contributed by atoms with Crippen molar-refractivity contribution in [1.29, 1.82) is 0 Å². The Labute approximate surface area is 214 Å². The molecule has 1 atom stereocenters. The van der Waals surface area contributed by atoms with Crippen molar-refractivity contribution in [1.82, 2.24) is 13.7 Å². The molecule has 6 nitrogen and oxygen atoms in total. The van der Waals surface area contributed by atoms with E-state index in [1.807, 2.05) is 18.2 Å². The van der Waals surface area contributed by atoms with Crippen LogP contribution in [0.2, 0.25) is 0 Å². The molecule has 3 heterocycles. The van der Waals surface area contributed by atoms with Gasteiger partial charge in [0, 0.05) is 49.0 Å². The summed E-state index contributed by atoms with van der Waals surface area (Å²) in [4.78, 5) is 6.07. The number of nitrogens with zero attached hydrogens (tertiary/aromatic N) is 3. The van der Waals surface area contributed by atoms with Crippen LogP contribution in [-0.4, -0.2) is 47.9 Å². The van der Waals surface area contributed by atoms with Crippen molar-refractivity contribution in [2.45, 2.75) is 30.3 Å². The minimum absolute atomic E-state index is 0.0567. The van der Waals surface area contributed by atoms with Crippen LogP contribution in [0.15, 0.2) is 89.3 Å². The number of hydrogen-bond acceptors (Lipinski definition) is 5. The molecule has 0 amide bonds. The van der Waals surface area contributed by atoms with Crippen LogP contribution in [-0.2, 0) is 21.2 Å². The molecule has 3 aromatic carbocycles. The first kappa shape index (κ1) is 23.4. The van der Waals surface area contributed by atoms with Crippen molar-refractivity contribution in [2.24, 2.45) is 0 Å². The molecule has 2 aromatic heterocycles. The number of imidazole rings is 1. The van der Waals surface area contributed by atoms with Crippen LogP contribution in [0.5, 0.6) is 0 Å². The zero-order valence-corrected chi connectivity index (χ0v) is 21.4. The van der Waals surface area contributed by atoms with Gasteiger partial charge < -0.3 is 4.74 Å². The molecule has 1 saturated heterocycles. The average Bonchev–Trinajstić information content (AvgIpc) is 3.65. The van der Waals surface area contributed by atoms with Gasteiger partial charge in [0.15, 0.2) is 4.96 Å². The summed E-state index contributed by atoms with van der Waals surface area (Å²) < 4.78 is 36.5. The summed E-state index contributed by atoms with van der Waals surface area (Å²) in [5.41, 5.74) is 3.04. The number of benzene rings is 3. The van der Waals surface area contributed by atoms with Crippen LogP contribution in [0.25, 0.3) is 27.0 Å². The van der Waals surface area contributed by atoms with E-state index < -0.39 is 10.0 Å². The minimum Gasteiger partial charge on any atom is -0.377 e. The number of aromatic nitrogens is 2. The van der Waals surface area contributed by atoms with Crippen molar-refractivity contribution >= 4 is 37.1 Å². The average molecular weight is 518 g/mol. The van der Waals surface area contributed by atoms with Crippen LogP contribution >= 0.6 is 11.3 Å². The monoisotopic (exact) mass is 517 g/mol.